The molecule has 0 bridgehead atoms. The summed E-state index contributed by atoms with van der Waals surface area (Å²) in [5, 5.41) is 6.66. The maximum absolute atomic E-state index is 4.92. The molecule has 3 aromatic rings. The SMILES string of the molecule is CNc1nc(Nc2ccc(C(C)(C)C)cc2)nc2c1CCC2c1ccccc1. The number of hydrogen-bond donors (Lipinski definition) is 2. The van der Waals surface area contributed by atoms with Crippen LogP contribution in [0.25, 0.3) is 0 Å². The lowest BCUT2D eigenvalue weighted by Gasteiger charge is -2.19. The van der Waals surface area contributed by atoms with Crippen LogP contribution in [0.5, 0.6) is 0 Å². The van der Waals surface area contributed by atoms with Gasteiger partial charge in [-0.2, -0.15) is 4.98 Å². The van der Waals surface area contributed by atoms with Crippen LogP contribution in [0, 0.1) is 0 Å². The van der Waals surface area contributed by atoms with E-state index in [1.165, 1.54) is 16.7 Å². The van der Waals surface area contributed by atoms with Crippen LogP contribution in [-0.2, 0) is 11.8 Å². The second-order valence-electron chi connectivity index (χ2n) is 8.46. The Balaban J connectivity index is 1.66. The summed E-state index contributed by atoms with van der Waals surface area (Å²) >= 11 is 0. The summed E-state index contributed by atoms with van der Waals surface area (Å²) in [5.74, 6) is 1.90. The zero-order valence-electron chi connectivity index (χ0n) is 17.1. The van der Waals surface area contributed by atoms with Gasteiger partial charge in [0.25, 0.3) is 0 Å². The van der Waals surface area contributed by atoms with Gasteiger partial charge in [0.15, 0.2) is 0 Å². The van der Waals surface area contributed by atoms with Gasteiger partial charge in [-0.15, -0.1) is 0 Å². The van der Waals surface area contributed by atoms with Gasteiger partial charge in [-0.25, -0.2) is 4.98 Å². The first kappa shape index (κ1) is 18.5. The molecular formula is C24H28N4. The Kier molecular flexibility index (Phi) is 4.80. The quantitative estimate of drug-likeness (QED) is 0.622. The summed E-state index contributed by atoms with van der Waals surface area (Å²) in [4.78, 5) is 9.65. The molecule has 1 aliphatic carbocycles. The average molecular weight is 373 g/mol. The normalized spacial score (nSPS) is 15.9. The third-order valence-corrected chi connectivity index (χ3v) is 5.50. The average Bonchev–Trinajstić information content (AvgIpc) is 3.12. The highest BCUT2D eigenvalue weighted by atomic mass is 15.1. The van der Waals surface area contributed by atoms with E-state index in [0.29, 0.717) is 11.9 Å². The van der Waals surface area contributed by atoms with Crippen molar-refractivity contribution in [3.05, 3.63) is 77.0 Å². The van der Waals surface area contributed by atoms with Crippen LogP contribution in [0.15, 0.2) is 54.6 Å². The molecule has 2 aromatic carbocycles. The molecule has 1 aromatic heterocycles. The molecule has 0 spiro atoms. The number of benzene rings is 2. The summed E-state index contributed by atoms with van der Waals surface area (Å²) in [6.07, 6.45) is 2.08. The van der Waals surface area contributed by atoms with Crippen LogP contribution in [0.3, 0.4) is 0 Å². The molecule has 1 atom stereocenters. The maximum atomic E-state index is 4.92. The molecule has 0 radical (unpaired) electrons. The van der Waals surface area contributed by atoms with Crippen molar-refractivity contribution in [2.75, 3.05) is 17.7 Å². The van der Waals surface area contributed by atoms with Crippen LogP contribution < -0.4 is 10.6 Å². The predicted molar refractivity (Wildman–Crippen MR) is 117 cm³/mol. The van der Waals surface area contributed by atoms with E-state index in [9.17, 15) is 0 Å². The maximum Gasteiger partial charge on any atom is 0.229 e. The second kappa shape index (κ2) is 7.27. The molecule has 4 heteroatoms. The largest absolute Gasteiger partial charge is 0.373 e. The number of anilines is 3. The molecule has 4 rings (SSSR count). The van der Waals surface area contributed by atoms with Crippen molar-refractivity contribution in [1.82, 2.24) is 9.97 Å². The van der Waals surface area contributed by atoms with Crippen molar-refractivity contribution in [3.8, 4) is 0 Å². The number of rotatable bonds is 4. The number of hydrogen-bond acceptors (Lipinski definition) is 4. The summed E-state index contributed by atoms with van der Waals surface area (Å²) in [6.45, 7) is 6.67. The van der Waals surface area contributed by atoms with Gasteiger partial charge in [0.2, 0.25) is 5.95 Å². The molecule has 0 saturated heterocycles. The minimum absolute atomic E-state index is 0.144. The Hall–Kier alpha value is -2.88. The molecule has 1 unspecified atom stereocenters. The predicted octanol–water partition coefficient (Wildman–Crippen LogP) is 5.64. The Morgan fingerprint density at radius 3 is 2.29 bits per heavy atom. The fraction of sp³-hybridized carbons (Fsp3) is 0.333. The van der Waals surface area contributed by atoms with Gasteiger partial charge in [0.1, 0.15) is 5.82 Å². The second-order valence-corrected chi connectivity index (χ2v) is 8.46. The summed E-state index contributed by atoms with van der Waals surface area (Å²) in [6, 6.07) is 19.2. The highest BCUT2D eigenvalue weighted by Crippen LogP contribution is 2.40. The number of nitrogens with one attached hydrogen (secondary N) is 2. The lowest BCUT2D eigenvalue weighted by molar-refractivity contribution is 0.590. The van der Waals surface area contributed by atoms with Gasteiger partial charge in [0.05, 0.1) is 5.69 Å². The van der Waals surface area contributed by atoms with Crippen molar-refractivity contribution in [2.45, 2.75) is 44.9 Å². The Labute approximate surface area is 167 Å². The number of fused-ring (bicyclic) bond motifs is 1. The van der Waals surface area contributed by atoms with Crippen LogP contribution in [0.1, 0.15) is 55.5 Å². The Morgan fingerprint density at radius 2 is 1.64 bits per heavy atom. The minimum atomic E-state index is 0.144. The summed E-state index contributed by atoms with van der Waals surface area (Å²) in [5.41, 5.74) is 6.16. The first-order valence-corrected chi connectivity index (χ1v) is 9.97. The molecule has 28 heavy (non-hydrogen) atoms. The van der Waals surface area contributed by atoms with E-state index in [1.807, 2.05) is 7.05 Å². The molecule has 2 N–H and O–H groups in total. The van der Waals surface area contributed by atoms with Gasteiger partial charge >= 0.3 is 0 Å². The van der Waals surface area contributed by atoms with Gasteiger partial charge in [0, 0.05) is 24.2 Å². The minimum Gasteiger partial charge on any atom is -0.373 e. The zero-order valence-corrected chi connectivity index (χ0v) is 17.1. The van der Waals surface area contributed by atoms with Gasteiger partial charge in [-0.1, -0.05) is 63.2 Å². The fourth-order valence-electron chi connectivity index (χ4n) is 3.92. The lowest BCUT2D eigenvalue weighted by Crippen LogP contribution is -2.11. The number of aromatic nitrogens is 2. The highest BCUT2D eigenvalue weighted by Gasteiger charge is 2.29. The van der Waals surface area contributed by atoms with Crippen molar-refractivity contribution >= 4 is 17.5 Å². The van der Waals surface area contributed by atoms with Crippen LogP contribution in [-0.4, -0.2) is 17.0 Å². The molecular weight excluding hydrogens is 344 g/mol. The molecule has 0 fully saturated rings. The summed E-state index contributed by atoms with van der Waals surface area (Å²) < 4.78 is 0. The number of nitrogens with zero attached hydrogens (tertiary/aromatic N) is 2. The van der Waals surface area contributed by atoms with E-state index >= 15 is 0 Å². The first-order chi connectivity index (χ1) is 13.5. The third kappa shape index (κ3) is 3.59. The van der Waals surface area contributed by atoms with E-state index < -0.39 is 0 Å². The van der Waals surface area contributed by atoms with Crippen molar-refractivity contribution in [3.63, 3.8) is 0 Å². The van der Waals surface area contributed by atoms with Crippen molar-refractivity contribution in [1.29, 1.82) is 0 Å². The first-order valence-electron chi connectivity index (χ1n) is 9.97. The van der Waals surface area contributed by atoms with Gasteiger partial charge < -0.3 is 10.6 Å². The van der Waals surface area contributed by atoms with Gasteiger partial charge in [-0.3, -0.25) is 0 Å². The highest BCUT2D eigenvalue weighted by molar-refractivity contribution is 5.60. The van der Waals surface area contributed by atoms with Crippen LogP contribution in [0.2, 0.25) is 0 Å². The van der Waals surface area contributed by atoms with Crippen LogP contribution >= 0.6 is 0 Å². The molecule has 1 aliphatic rings. The van der Waals surface area contributed by atoms with E-state index in [0.717, 1.165) is 30.0 Å². The molecule has 0 saturated carbocycles. The summed E-state index contributed by atoms with van der Waals surface area (Å²) in [7, 11) is 1.93. The standard InChI is InChI=1S/C24H28N4/c1-24(2,3)17-10-12-18(13-11-17)26-23-27-21-19(16-8-6-5-7-9-16)14-15-20(21)22(25-4)28-23/h5-13,19H,14-15H2,1-4H3,(H2,25,26,27,28). The molecule has 0 aliphatic heterocycles. The van der Waals surface area contributed by atoms with Crippen molar-refractivity contribution in [2.24, 2.45) is 0 Å². The smallest absolute Gasteiger partial charge is 0.229 e. The van der Waals surface area contributed by atoms with E-state index in [-0.39, 0.29) is 5.41 Å². The van der Waals surface area contributed by atoms with Crippen LogP contribution in [0.4, 0.5) is 17.5 Å². The third-order valence-electron chi connectivity index (χ3n) is 5.50. The fourth-order valence-corrected chi connectivity index (χ4v) is 3.92. The van der Waals surface area contributed by atoms with Gasteiger partial charge in [-0.05, 0) is 41.5 Å². The molecule has 1 heterocycles. The van der Waals surface area contributed by atoms with E-state index in [1.54, 1.807) is 0 Å². The monoisotopic (exact) mass is 372 g/mol. The van der Waals surface area contributed by atoms with E-state index in [2.05, 4.69) is 86.0 Å². The van der Waals surface area contributed by atoms with E-state index in [4.69, 9.17) is 9.97 Å². The zero-order chi connectivity index (χ0) is 19.7. The molecule has 4 nitrogen and oxygen atoms in total. The molecule has 144 valence electrons. The van der Waals surface area contributed by atoms with Crippen molar-refractivity contribution < 1.29 is 0 Å². The molecule has 0 amide bonds. The Bertz CT molecular complexity index is 956. The topological polar surface area (TPSA) is 49.8 Å². The Morgan fingerprint density at radius 1 is 0.929 bits per heavy atom. The lowest BCUT2D eigenvalue weighted by atomic mass is 9.87.